The average Bonchev–Trinajstić information content (AvgIpc) is 2.47. The molecule has 1 rings (SSSR count). The summed E-state index contributed by atoms with van der Waals surface area (Å²) >= 11 is 0. The molecule has 2 amide bonds. The third kappa shape index (κ3) is 6.09. The van der Waals surface area contributed by atoms with E-state index in [1.807, 2.05) is 0 Å². The number of nitrogens with one attached hydrogen (secondary N) is 2. The first-order valence-electron chi connectivity index (χ1n) is 6.36. The molecule has 0 fully saturated rings. The standard InChI is InChI=1S/C13H19N3O5/c1-20-7-3-4-10(12(17)18)16-13(19)15-9-5-6-11(21-2)14-8-9/h5-6,8,10H,3-4,7H2,1-2H3,(H,17,18)(H2,15,16,19). The second kappa shape index (κ2) is 8.75. The Morgan fingerprint density at radius 1 is 1.38 bits per heavy atom. The third-order valence-corrected chi connectivity index (χ3v) is 2.65. The minimum atomic E-state index is -1.09. The van der Waals surface area contributed by atoms with Crippen LogP contribution in [0.25, 0.3) is 0 Å². The molecule has 1 aromatic rings. The van der Waals surface area contributed by atoms with Crippen molar-refractivity contribution in [3.63, 3.8) is 0 Å². The molecule has 1 aromatic heterocycles. The number of aliphatic carboxylic acids is 1. The number of carbonyl (C=O) groups excluding carboxylic acids is 1. The van der Waals surface area contributed by atoms with Gasteiger partial charge in [-0.05, 0) is 18.9 Å². The number of carboxylic acid groups (broad SMARTS) is 1. The van der Waals surface area contributed by atoms with Crippen LogP contribution in [0.2, 0.25) is 0 Å². The summed E-state index contributed by atoms with van der Waals surface area (Å²) in [6.07, 6.45) is 2.24. The van der Waals surface area contributed by atoms with Crippen LogP contribution < -0.4 is 15.4 Å². The van der Waals surface area contributed by atoms with E-state index in [9.17, 15) is 9.59 Å². The number of pyridine rings is 1. The van der Waals surface area contributed by atoms with Gasteiger partial charge in [-0.3, -0.25) is 0 Å². The van der Waals surface area contributed by atoms with Gasteiger partial charge in [-0.2, -0.15) is 0 Å². The van der Waals surface area contributed by atoms with Crippen molar-refractivity contribution in [2.24, 2.45) is 0 Å². The Kier molecular flexibility index (Phi) is 6.96. The predicted molar refractivity (Wildman–Crippen MR) is 75.5 cm³/mol. The summed E-state index contributed by atoms with van der Waals surface area (Å²) in [4.78, 5) is 26.7. The van der Waals surface area contributed by atoms with Gasteiger partial charge in [-0.25, -0.2) is 14.6 Å². The van der Waals surface area contributed by atoms with Gasteiger partial charge in [-0.15, -0.1) is 0 Å². The van der Waals surface area contributed by atoms with E-state index in [1.165, 1.54) is 20.4 Å². The van der Waals surface area contributed by atoms with Crippen molar-refractivity contribution in [2.75, 3.05) is 26.1 Å². The topological polar surface area (TPSA) is 110 Å². The highest BCUT2D eigenvalue weighted by Gasteiger charge is 2.19. The van der Waals surface area contributed by atoms with Gasteiger partial charge in [0.2, 0.25) is 5.88 Å². The highest BCUT2D eigenvalue weighted by Crippen LogP contribution is 2.10. The Morgan fingerprint density at radius 2 is 2.14 bits per heavy atom. The Balaban J connectivity index is 2.50. The molecular weight excluding hydrogens is 278 g/mol. The first kappa shape index (κ1) is 16.7. The summed E-state index contributed by atoms with van der Waals surface area (Å²) < 4.78 is 9.75. The van der Waals surface area contributed by atoms with Gasteiger partial charge in [0.1, 0.15) is 6.04 Å². The van der Waals surface area contributed by atoms with Crippen molar-refractivity contribution in [1.82, 2.24) is 10.3 Å². The number of carboxylic acids is 1. The summed E-state index contributed by atoms with van der Waals surface area (Å²) in [7, 11) is 3.02. The van der Waals surface area contributed by atoms with E-state index in [2.05, 4.69) is 15.6 Å². The number of hydrogen-bond donors (Lipinski definition) is 3. The van der Waals surface area contributed by atoms with Crippen molar-refractivity contribution in [2.45, 2.75) is 18.9 Å². The monoisotopic (exact) mass is 297 g/mol. The Labute approximate surface area is 122 Å². The molecule has 21 heavy (non-hydrogen) atoms. The van der Waals surface area contributed by atoms with Crippen molar-refractivity contribution in [3.05, 3.63) is 18.3 Å². The average molecular weight is 297 g/mol. The Bertz CT molecular complexity index is 463. The normalized spacial score (nSPS) is 11.5. The van der Waals surface area contributed by atoms with E-state index in [0.29, 0.717) is 24.6 Å². The maximum absolute atomic E-state index is 11.7. The number of urea groups is 1. The molecule has 0 bridgehead atoms. The van der Waals surface area contributed by atoms with Crippen LogP contribution in [0.1, 0.15) is 12.8 Å². The molecule has 3 N–H and O–H groups in total. The first-order valence-corrected chi connectivity index (χ1v) is 6.36. The molecule has 1 atom stereocenters. The molecule has 0 saturated heterocycles. The lowest BCUT2D eigenvalue weighted by Crippen LogP contribution is -2.43. The number of rotatable bonds is 8. The molecule has 0 aliphatic carbocycles. The van der Waals surface area contributed by atoms with Gasteiger partial charge in [-0.1, -0.05) is 0 Å². The molecule has 0 radical (unpaired) electrons. The van der Waals surface area contributed by atoms with Crippen LogP contribution in [0, 0.1) is 0 Å². The van der Waals surface area contributed by atoms with Gasteiger partial charge in [0.25, 0.3) is 0 Å². The summed E-state index contributed by atoms with van der Waals surface area (Å²) in [6.45, 7) is 0.440. The number of hydrogen-bond acceptors (Lipinski definition) is 5. The van der Waals surface area contributed by atoms with Gasteiger partial charge in [0, 0.05) is 19.8 Å². The van der Waals surface area contributed by atoms with Crippen LogP contribution in [0.4, 0.5) is 10.5 Å². The number of anilines is 1. The van der Waals surface area contributed by atoms with E-state index in [4.69, 9.17) is 14.6 Å². The van der Waals surface area contributed by atoms with Gasteiger partial charge >= 0.3 is 12.0 Å². The molecule has 0 saturated carbocycles. The lowest BCUT2D eigenvalue weighted by atomic mass is 10.1. The maximum atomic E-state index is 11.7. The van der Waals surface area contributed by atoms with Crippen molar-refractivity contribution >= 4 is 17.7 Å². The Morgan fingerprint density at radius 3 is 2.67 bits per heavy atom. The number of nitrogens with zero attached hydrogens (tertiary/aromatic N) is 1. The van der Waals surface area contributed by atoms with Crippen LogP contribution in [0.5, 0.6) is 5.88 Å². The number of aromatic nitrogens is 1. The molecule has 1 heterocycles. The zero-order valence-electron chi connectivity index (χ0n) is 12.0. The fourth-order valence-corrected chi connectivity index (χ4v) is 1.59. The van der Waals surface area contributed by atoms with Gasteiger partial charge in [0.05, 0.1) is 19.0 Å². The van der Waals surface area contributed by atoms with E-state index in [1.54, 1.807) is 12.1 Å². The third-order valence-electron chi connectivity index (χ3n) is 2.65. The van der Waals surface area contributed by atoms with E-state index >= 15 is 0 Å². The second-order valence-electron chi connectivity index (χ2n) is 4.21. The number of amides is 2. The van der Waals surface area contributed by atoms with Crippen molar-refractivity contribution in [3.8, 4) is 5.88 Å². The van der Waals surface area contributed by atoms with Crippen molar-refractivity contribution < 1.29 is 24.2 Å². The molecule has 1 unspecified atom stereocenters. The maximum Gasteiger partial charge on any atom is 0.326 e. The summed E-state index contributed by atoms with van der Waals surface area (Å²) in [5, 5.41) is 13.9. The highest BCUT2D eigenvalue weighted by atomic mass is 16.5. The van der Waals surface area contributed by atoms with Gasteiger partial charge < -0.3 is 25.2 Å². The number of methoxy groups -OCH3 is 2. The minimum absolute atomic E-state index is 0.289. The summed E-state index contributed by atoms with van der Waals surface area (Å²) in [5.74, 6) is -0.668. The number of carbonyl (C=O) groups is 2. The fourth-order valence-electron chi connectivity index (χ4n) is 1.59. The number of ether oxygens (including phenoxy) is 2. The van der Waals surface area contributed by atoms with E-state index in [0.717, 1.165) is 0 Å². The molecule has 0 aliphatic heterocycles. The quantitative estimate of drug-likeness (QED) is 0.620. The SMILES string of the molecule is COCCCC(NC(=O)Nc1ccc(OC)nc1)C(=O)O. The largest absolute Gasteiger partial charge is 0.481 e. The van der Waals surface area contributed by atoms with Crippen molar-refractivity contribution in [1.29, 1.82) is 0 Å². The van der Waals surface area contributed by atoms with E-state index < -0.39 is 18.0 Å². The first-order chi connectivity index (χ1) is 10.1. The van der Waals surface area contributed by atoms with Crippen LogP contribution in [0.15, 0.2) is 18.3 Å². The minimum Gasteiger partial charge on any atom is -0.481 e. The zero-order chi connectivity index (χ0) is 15.7. The molecule has 0 spiro atoms. The zero-order valence-corrected chi connectivity index (χ0v) is 12.0. The van der Waals surface area contributed by atoms with Crippen LogP contribution in [-0.2, 0) is 9.53 Å². The molecule has 8 heteroatoms. The van der Waals surface area contributed by atoms with Crippen LogP contribution in [0.3, 0.4) is 0 Å². The predicted octanol–water partition coefficient (Wildman–Crippen LogP) is 1.09. The molecule has 0 aliphatic rings. The lowest BCUT2D eigenvalue weighted by Gasteiger charge is -2.15. The molecular formula is C13H19N3O5. The lowest BCUT2D eigenvalue weighted by molar-refractivity contribution is -0.139. The van der Waals surface area contributed by atoms with Crippen LogP contribution in [-0.4, -0.2) is 49.0 Å². The smallest absolute Gasteiger partial charge is 0.326 e. The van der Waals surface area contributed by atoms with E-state index in [-0.39, 0.29) is 6.42 Å². The molecule has 0 aromatic carbocycles. The van der Waals surface area contributed by atoms with Gasteiger partial charge in [0.15, 0.2) is 0 Å². The summed E-state index contributed by atoms with van der Waals surface area (Å²) in [6, 6.07) is 1.62. The summed E-state index contributed by atoms with van der Waals surface area (Å²) in [5.41, 5.74) is 0.439. The fraction of sp³-hybridized carbons (Fsp3) is 0.462. The molecule has 116 valence electrons. The second-order valence-corrected chi connectivity index (χ2v) is 4.21. The highest BCUT2D eigenvalue weighted by molar-refractivity contribution is 5.92. The van der Waals surface area contributed by atoms with Crippen LogP contribution >= 0.6 is 0 Å². The Hall–Kier alpha value is -2.35. The molecule has 8 nitrogen and oxygen atoms in total.